The summed E-state index contributed by atoms with van der Waals surface area (Å²) in [6, 6.07) is 16.9. The number of para-hydroxylation sites is 1. The van der Waals surface area contributed by atoms with E-state index >= 15 is 0 Å². The smallest absolute Gasteiger partial charge is 0.264 e. The van der Waals surface area contributed by atoms with Gasteiger partial charge in [0.15, 0.2) is 0 Å². The van der Waals surface area contributed by atoms with Crippen molar-refractivity contribution in [2.75, 3.05) is 22.3 Å². The average Bonchev–Trinajstić information content (AvgIpc) is 3.01. The van der Waals surface area contributed by atoms with Gasteiger partial charge >= 0.3 is 0 Å². The molecule has 0 aliphatic heterocycles. The van der Waals surface area contributed by atoms with Crippen LogP contribution in [0.25, 0.3) is 0 Å². The van der Waals surface area contributed by atoms with E-state index in [1.807, 2.05) is 54.6 Å². The normalized spacial score (nSPS) is 10.9. The molecule has 3 rings (SSSR count). The van der Waals surface area contributed by atoms with Gasteiger partial charge in [-0.05, 0) is 29.8 Å². The summed E-state index contributed by atoms with van der Waals surface area (Å²) in [6.45, 7) is 0. The molecule has 10 heteroatoms. The molecule has 0 atom stereocenters. The number of amides is 1. The lowest BCUT2D eigenvalue weighted by atomic mass is 10.2. The Bertz CT molecular complexity index is 945. The fourth-order valence-corrected chi connectivity index (χ4v) is 3.13. The number of hydrogen-bond donors (Lipinski definition) is 3. The Morgan fingerprint density at radius 1 is 1.22 bits per heavy atom. The highest BCUT2D eigenvalue weighted by Crippen LogP contribution is 2.17. The van der Waals surface area contributed by atoms with Crippen molar-refractivity contribution in [3.8, 4) is 0 Å². The fraction of sp³-hybridized carbons (Fsp3) is 0.0588. The van der Waals surface area contributed by atoms with Crippen LogP contribution in [0.2, 0.25) is 0 Å². The second kappa shape index (κ2) is 9.19. The van der Waals surface area contributed by atoms with E-state index < -0.39 is 0 Å². The van der Waals surface area contributed by atoms with Crippen LogP contribution in [0.1, 0.15) is 5.56 Å². The van der Waals surface area contributed by atoms with Crippen molar-refractivity contribution in [2.24, 2.45) is 5.10 Å². The number of hydrogen-bond acceptors (Lipinski definition) is 7. The Labute approximate surface area is 168 Å². The van der Waals surface area contributed by atoms with Gasteiger partial charge in [-0.15, -0.1) is 10.2 Å². The number of thioether (sulfide) groups is 1. The van der Waals surface area contributed by atoms with E-state index in [2.05, 4.69) is 42.0 Å². The number of carbonyl (C=O) groups excluding carboxylic acids is 1. The Hall–Kier alpha value is -2.85. The molecule has 0 aliphatic rings. The minimum atomic E-state index is -0.156. The predicted molar refractivity (Wildman–Crippen MR) is 111 cm³/mol. The van der Waals surface area contributed by atoms with Gasteiger partial charge in [0.1, 0.15) is 0 Å². The number of nitrogens with one attached hydrogen (secondary N) is 2. The lowest BCUT2D eigenvalue weighted by Crippen LogP contribution is -2.16. The molecular formula is C17H16BrN7OS. The van der Waals surface area contributed by atoms with Crippen LogP contribution in [0.15, 0.2) is 69.3 Å². The van der Waals surface area contributed by atoms with Crippen molar-refractivity contribution in [3.63, 3.8) is 0 Å². The zero-order valence-electron chi connectivity index (χ0n) is 14.0. The second-order valence-electron chi connectivity index (χ2n) is 5.30. The SMILES string of the molecule is Nn1c(N/N=C/c2cccc(Br)c2)nnc1SCC(=O)Nc1ccccc1. The van der Waals surface area contributed by atoms with Crippen molar-refractivity contribution < 1.29 is 4.79 Å². The van der Waals surface area contributed by atoms with E-state index in [0.717, 1.165) is 15.7 Å². The average molecular weight is 446 g/mol. The molecule has 138 valence electrons. The van der Waals surface area contributed by atoms with Gasteiger partial charge in [-0.25, -0.2) is 10.1 Å². The van der Waals surface area contributed by atoms with Gasteiger partial charge in [0.2, 0.25) is 11.1 Å². The van der Waals surface area contributed by atoms with Crippen LogP contribution < -0.4 is 16.6 Å². The summed E-state index contributed by atoms with van der Waals surface area (Å²) in [6.07, 6.45) is 1.64. The summed E-state index contributed by atoms with van der Waals surface area (Å²) in [5.41, 5.74) is 4.38. The largest absolute Gasteiger partial charge is 0.334 e. The summed E-state index contributed by atoms with van der Waals surface area (Å²) in [7, 11) is 0. The molecule has 1 aromatic heterocycles. The number of nitrogens with two attached hydrogens (primary N) is 1. The molecule has 0 spiro atoms. The zero-order valence-corrected chi connectivity index (χ0v) is 16.4. The molecule has 0 fully saturated rings. The number of carbonyl (C=O) groups is 1. The summed E-state index contributed by atoms with van der Waals surface area (Å²) in [5, 5.41) is 15.2. The number of nitrogen functional groups attached to an aromatic ring is 1. The minimum absolute atomic E-state index is 0.156. The van der Waals surface area contributed by atoms with Crippen molar-refractivity contribution >= 4 is 51.4 Å². The van der Waals surface area contributed by atoms with E-state index in [9.17, 15) is 4.79 Å². The first-order valence-electron chi connectivity index (χ1n) is 7.84. The lowest BCUT2D eigenvalue weighted by molar-refractivity contribution is -0.113. The first kappa shape index (κ1) is 18.9. The first-order valence-corrected chi connectivity index (χ1v) is 9.62. The number of nitrogens with zero attached hydrogens (tertiary/aromatic N) is 4. The van der Waals surface area contributed by atoms with Crippen LogP contribution in [0.3, 0.4) is 0 Å². The van der Waals surface area contributed by atoms with Crippen LogP contribution in [0.5, 0.6) is 0 Å². The maximum absolute atomic E-state index is 12.0. The standard InChI is InChI=1S/C17H16BrN7OS/c18-13-6-4-5-12(9-13)10-20-22-16-23-24-17(25(16)19)27-11-15(26)21-14-7-2-1-3-8-14/h1-10H,11,19H2,(H,21,26)(H,22,23)/b20-10+. The molecular weight excluding hydrogens is 430 g/mol. The van der Waals surface area contributed by atoms with E-state index in [-0.39, 0.29) is 17.6 Å². The zero-order chi connectivity index (χ0) is 19.1. The molecule has 3 aromatic rings. The van der Waals surface area contributed by atoms with Crippen molar-refractivity contribution in [3.05, 3.63) is 64.6 Å². The van der Waals surface area contributed by atoms with Gasteiger partial charge in [0.25, 0.3) is 5.95 Å². The molecule has 1 heterocycles. The summed E-state index contributed by atoms with van der Waals surface area (Å²) < 4.78 is 2.21. The summed E-state index contributed by atoms with van der Waals surface area (Å²) in [5.74, 6) is 6.21. The number of aromatic nitrogens is 3. The van der Waals surface area contributed by atoms with Crippen molar-refractivity contribution in [2.45, 2.75) is 5.16 Å². The van der Waals surface area contributed by atoms with Gasteiger partial charge in [0.05, 0.1) is 12.0 Å². The fourth-order valence-electron chi connectivity index (χ4n) is 2.05. The highest BCUT2D eigenvalue weighted by molar-refractivity contribution is 9.10. The van der Waals surface area contributed by atoms with Gasteiger partial charge in [-0.1, -0.05) is 58.0 Å². The van der Waals surface area contributed by atoms with Gasteiger partial charge < -0.3 is 11.2 Å². The molecule has 4 N–H and O–H groups in total. The number of halogens is 1. The molecule has 2 aromatic carbocycles. The molecule has 0 aliphatic carbocycles. The molecule has 0 saturated carbocycles. The van der Waals surface area contributed by atoms with Crippen LogP contribution in [-0.2, 0) is 4.79 Å². The second-order valence-corrected chi connectivity index (χ2v) is 7.16. The molecule has 1 amide bonds. The quantitative estimate of drug-likeness (QED) is 0.223. The monoisotopic (exact) mass is 445 g/mol. The number of anilines is 2. The van der Waals surface area contributed by atoms with Gasteiger partial charge in [-0.3, -0.25) is 4.79 Å². The molecule has 0 saturated heterocycles. The van der Waals surface area contributed by atoms with E-state index in [1.165, 1.54) is 16.4 Å². The minimum Gasteiger partial charge on any atom is -0.334 e. The Kier molecular flexibility index (Phi) is 6.44. The Morgan fingerprint density at radius 3 is 2.81 bits per heavy atom. The summed E-state index contributed by atoms with van der Waals surface area (Å²) in [4.78, 5) is 12.0. The van der Waals surface area contributed by atoms with Crippen molar-refractivity contribution in [1.82, 2.24) is 14.9 Å². The van der Waals surface area contributed by atoms with E-state index in [4.69, 9.17) is 5.84 Å². The maximum atomic E-state index is 12.0. The van der Waals surface area contributed by atoms with E-state index in [0.29, 0.717) is 5.16 Å². The number of hydrazone groups is 1. The third-order valence-corrected chi connectivity index (χ3v) is 4.72. The van der Waals surface area contributed by atoms with Crippen LogP contribution >= 0.6 is 27.7 Å². The van der Waals surface area contributed by atoms with Crippen LogP contribution in [-0.4, -0.2) is 32.7 Å². The lowest BCUT2D eigenvalue weighted by Gasteiger charge is -2.05. The molecule has 27 heavy (non-hydrogen) atoms. The highest BCUT2D eigenvalue weighted by atomic mass is 79.9. The Balaban J connectivity index is 1.53. The number of benzene rings is 2. The van der Waals surface area contributed by atoms with Crippen molar-refractivity contribution in [1.29, 1.82) is 0 Å². The first-order chi connectivity index (χ1) is 13.1. The van der Waals surface area contributed by atoms with Crippen LogP contribution in [0.4, 0.5) is 11.6 Å². The van der Waals surface area contributed by atoms with Crippen LogP contribution in [0, 0.1) is 0 Å². The molecule has 0 radical (unpaired) electrons. The predicted octanol–water partition coefficient (Wildman–Crippen LogP) is 2.93. The maximum Gasteiger partial charge on any atom is 0.264 e. The third-order valence-electron chi connectivity index (χ3n) is 3.28. The number of rotatable bonds is 7. The topological polar surface area (TPSA) is 110 Å². The molecule has 0 unspecified atom stereocenters. The van der Waals surface area contributed by atoms with Gasteiger partial charge in [-0.2, -0.15) is 5.10 Å². The molecule has 0 bridgehead atoms. The highest BCUT2D eigenvalue weighted by Gasteiger charge is 2.12. The molecule has 8 nitrogen and oxygen atoms in total. The van der Waals surface area contributed by atoms with Gasteiger partial charge in [0, 0.05) is 10.2 Å². The Morgan fingerprint density at radius 2 is 2.04 bits per heavy atom. The third kappa shape index (κ3) is 5.56. The van der Waals surface area contributed by atoms with E-state index in [1.54, 1.807) is 6.21 Å². The summed E-state index contributed by atoms with van der Waals surface area (Å²) >= 11 is 4.58.